The SMILES string of the molecule is CCC(N)(CC)CC.CCCCOP(=O)(O)OCCCC. The van der Waals surface area contributed by atoms with Crippen molar-refractivity contribution < 1.29 is 18.5 Å². The molecule has 0 aliphatic carbocycles. The van der Waals surface area contributed by atoms with Crippen LogP contribution in [-0.2, 0) is 13.6 Å². The molecule has 130 valence electrons. The van der Waals surface area contributed by atoms with Gasteiger partial charge in [0.15, 0.2) is 0 Å². The number of hydrogen-bond acceptors (Lipinski definition) is 4. The fourth-order valence-electron chi connectivity index (χ4n) is 1.44. The molecule has 0 aromatic heterocycles. The summed E-state index contributed by atoms with van der Waals surface area (Å²) in [6, 6.07) is 0. The normalized spacial score (nSPS) is 12.0. The van der Waals surface area contributed by atoms with Gasteiger partial charge in [0.05, 0.1) is 13.2 Å². The Morgan fingerprint density at radius 1 is 0.905 bits per heavy atom. The first-order chi connectivity index (χ1) is 9.80. The molecule has 0 bridgehead atoms. The zero-order chi connectivity index (χ0) is 16.8. The molecule has 0 fully saturated rings. The van der Waals surface area contributed by atoms with Gasteiger partial charge in [-0.1, -0.05) is 47.5 Å². The van der Waals surface area contributed by atoms with Crippen LogP contribution < -0.4 is 5.73 Å². The molecule has 3 N–H and O–H groups in total. The summed E-state index contributed by atoms with van der Waals surface area (Å²) in [5.41, 5.74) is 6.02. The van der Waals surface area contributed by atoms with Crippen LogP contribution in [0.15, 0.2) is 0 Å². The van der Waals surface area contributed by atoms with Crippen LogP contribution in [0.3, 0.4) is 0 Å². The molecule has 0 aromatic rings. The van der Waals surface area contributed by atoms with E-state index >= 15 is 0 Å². The predicted molar refractivity (Wildman–Crippen MR) is 89.3 cm³/mol. The average Bonchev–Trinajstić information content (AvgIpc) is 2.47. The summed E-state index contributed by atoms with van der Waals surface area (Å²) in [5, 5.41) is 0. The van der Waals surface area contributed by atoms with E-state index in [1.54, 1.807) is 0 Å². The Morgan fingerprint density at radius 3 is 1.43 bits per heavy atom. The Bertz CT molecular complexity index is 248. The van der Waals surface area contributed by atoms with Crippen LogP contribution in [0.25, 0.3) is 0 Å². The molecule has 0 aromatic carbocycles. The molecule has 0 aliphatic rings. The maximum Gasteiger partial charge on any atom is 0.472 e. The summed E-state index contributed by atoms with van der Waals surface area (Å²) in [5.74, 6) is 0. The predicted octanol–water partition coefficient (Wildman–Crippen LogP) is 4.63. The van der Waals surface area contributed by atoms with Crippen LogP contribution in [0.1, 0.15) is 79.6 Å². The lowest BCUT2D eigenvalue weighted by molar-refractivity contribution is 0.146. The van der Waals surface area contributed by atoms with Crippen LogP contribution in [0.5, 0.6) is 0 Å². The Balaban J connectivity index is 0. The monoisotopic (exact) mass is 325 g/mol. The molecular formula is C15H36NO4P. The lowest BCUT2D eigenvalue weighted by Crippen LogP contribution is -2.37. The summed E-state index contributed by atoms with van der Waals surface area (Å²) in [6.45, 7) is 11.0. The molecule has 0 amide bonds. The van der Waals surface area contributed by atoms with Crippen LogP contribution in [0, 0.1) is 0 Å². The van der Waals surface area contributed by atoms with Gasteiger partial charge in [-0.05, 0) is 32.1 Å². The van der Waals surface area contributed by atoms with Crippen molar-refractivity contribution in [2.24, 2.45) is 5.73 Å². The largest absolute Gasteiger partial charge is 0.472 e. The highest BCUT2D eigenvalue weighted by atomic mass is 31.2. The van der Waals surface area contributed by atoms with Crippen LogP contribution in [-0.4, -0.2) is 23.6 Å². The first-order valence-electron chi connectivity index (χ1n) is 8.21. The van der Waals surface area contributed by atoms with Crippen LogP contribution >= 0.6 is 7.82 Å². The molecule has 0 atom stereocenters. The summed E-state index contributed by atoms with van der Waals surface area (Å²) < 4.78 is 20.5. The molecule has 0 heterocycles. The van der Waals surface area contributed by atoms with E-state index in [0.717, 1.165) is 44.9 Å². The molecular weight excluding hydrogens is 289 g/mol. The topological polar surface area (TPSA) is 81.8 Å². The molecule has 0 rings (SSSR count). The third-order valence-electron chi connectivity index (χ3n) is 3.62. The fraction of sp³-hybridized carbons (Fsp3) is 1.00. The second-order valence-corrected chi connectivity index (χ2v) is 6.72. The Kier molecular flexibility index (Phi) is 15.2. The second-order valence-electron chi connectivity index (χ2n) is 5.27. The molecule has 0 saturated carbocycles. The van der Waals surface area contributed by atoms with Crippen molar-refractivity contribution in [3.05, 3.63) is 0 Å². The zero-order valence-corrected chi connectivity index (χ0v) is 15.5. The summed E-state index contributed by atoms with van der Waals surface area (Å²) >= 11 is 0. The van der Waals surface area contributed by atoms with E-state index < -0.39 is 7.82 Å². The number of rotatable bonds is 11. The van der Waals surface area contributed by atoms with Crippen molar-refractivity contribution in [2.45, 2.75) is 85.1 Å². The smallest absolute Gasteiger partial charge is 0.325 e. The molecule has 5 nitrogen and oxygen atoms in total. The number of hydrogen-bond donors (Lipinski definition) is 2. The van der Waals surface area contributed by atoms with Gasteiger partial charge in [-0.15, -0.1) is 0 Å². The van der Waals surface area contributed by atoms with Gasteiger partial charge in [0, 0.05) is 5.54 Å². The highest BCUT2D eigenvalue weighted by Crippen LogP contribution is 2.43. The van der Waals surface area contributed by atoms with E-state index in [-0.39, 0.29) is 18.8 Å². The fourth-order valence-corrected chi connectivity index (χ4v) is 2.23. The summed E-state index contributed by atoms with van der Waals surface area (Å²) in [6.07, 6.45) is 6.73. The lowest BCUT2D eigenvalue weighted by Gasteiger charge is -2.23. The van der Waals surface area contributed by atoms with Gasteiger partial charge in [-0.3, -0.25) is 9.05 Å². The van der Waals surface area contributed by atoms with Gasteiger partial charge in [0.25, 0.3) is 0 Å². The van der Waals surface area contributed by atoms with Crippen molar-refractivity contribution in [2.75, 3.05) is 13.2 Å². The minimum atomic E-state index is -3.75. The van der Waals surface area contributed by atoms with Gasteiger partial charge in [-0.25, -0.2) is 4.57 Å². The molecule has 0 spiro atoms. The van der Waals surface area contributed by atoms with Gasteiger partial charge >= 0.3 is 7.82 Å². The van der Waals surface area contributed by atoms with Crippen molar-refractivity contribution in [3.8, 4) is 0 Å². The molecule has 0 unspecified atom stereocenters. The quantitative estimate of drug-likeness (QED) is 0.427. The summed E-state index contributed by atoms with van der Waals surface area (Å²) in [4.78, 5) is 9.08. The first kappa shape index (κ1) is 23.3. The van der Waals surface area contributed by atoms with Crippen molar-refractivity contribution in [1.29, 1.82) is 0 Å². The Morgan fingerprint density at radius 2 is 1.24 bits per heavy atom. The number of unbranched alkanes of at least 4 members (excludes halogenated alkanes) is 2. The molecule has 0 radical (unpaired) electrons. The molecule has 0 aliphatic heterocycles. The lowest BCUT2D eigenvalue weighted by atomic mass is 9.92. The van der Waals surface area contributed by atoms with E-state index in [9.17, 15) is 4.57 Å². The van der Waals surface area contributed by atoms with Gasteiger partial charge in [-0.2, -0.15) is 0 Å². The van der Waals surface area contributed by atoms with E-state index in [2.05, 4.69) is 20.8 Å². The number of phosphoric acid groups is 1. The maximum absolute atomic E-state index is 11.1. The maximum atomic E-state index is 11.1. The minimum Gasteiger partial charge on any atom is -0.325 e. The first-order valence-corrected chi connectivity index (χ1v) is 9.71. The Labute approximate surface area is 131 Å². The average molecular weight is 325 g/mol. The van der Waals surface area contributed by atoms with E-state index in [1.807, 2.05) is 13.8 Å². The van der Waals surface area contributed by atoms with Crippen molar-refractivity contribution in [3.63, 3.8) is 0 Å². The minimum absolute atomic E-state index is 0.125. The standard InChI is InChI=1S/C8H19O4P.C7H17N/c1-3-5-7-11-13(9,10)12-8-6-4-2;1-4-7(8,5-2)6-3/h3-8H2,1-2H3,(H,9,10);4-6,8H2,1-3H3. The van der Waals surface area contributed by atoms with Gasteiger partial charge in [0.1, 0.15) is 0 Å². The van der Waals surface area contributed by atoms with E-state index in [4.69, 9.17) is 19.7 Å². The number of phosphoric ester groups is 1. The highest BCUT2D eigenvalue weighted by molar-refractivity contribution is 7.47. The van der Waals surface area contributed by atoms with E-state index in [1.165, 1.54) is 0 Å². The van der Waals surface area contributed by atoms with Crippen LogP contribution in [0.2, 0.25) is 0 Å². The van der Waals surface area contributed by atoms with Gasteiger partial charge in [0.2, 0.25) is 0 Å². The van der Waals surface area contributed by atoms with Crippen LogP contribution in [0.4, 0.5) is 0 Å². The van der Waals surface area contributed by atoms with E-state index in [0.29, 0.717) is 0 Å². The Hall–Kier alpha value is 0.0700. The highest BCUT2D eigenvalue weighted by Gasteiger charge is 2.19. The molecule has 21 heavy (non-hydrogen) atoms. The number of nitrogens with two attached hydrogens (primary N) is 1. The van der Waals surface area contributed by atoms with Crippen molar-refractivity contribution >= 4 is 7.82 Å². The molecule has 0 saturated heterocycles. The summed E-state index contributed by atoms with van der Waals surface area (Å²) in [7, 11) is -3.75. The third-order valence-corrected chi connectivity index (χ3v) is 4.63. The zero-order valence-electron chi connectivity index (χ0n) is 14.6. The third kappa shape index (κ3) is 14.8. The van der Waals surface area contributed by atoms with Gasteiger partial charge < -0.3 is 10.6 Å². The second kappa shape index (κ2) is 13.7. The van der Waals surface area contributed by atoms with Crippen molar-refractivity contribution in [1.82, 2.24) is 0 Å². The molecule has 6 heteroatoms.